The number of aliphatic carboxylic acids is 1. The highest BCUT2D eigenvalue weighted by Gasteiger charge is 2.76. The van der Waals surface area contributed by atoms with Crippen molar-refractivity contribution in [1.82, 2.24) is 10.6 Å². The molecule has 16 heteroatoms. The maximum Gasteiger partial charge on any atom is 0.303 e. The number of nitrogens with one attached hydrogen (secondary N) is 3. The van der Waals surface area contributed by atoms with Gasteiger partial charge in [0, 0.05) is 40.2 Å². The number of hydrogen-bond acceptors (Lipinski definition) is 11. The number of amides is 3. The summed E-state index contributed by atoms with van der Waals surface area (Å²) in [6, 6.07) is 7.97. The number of carboxylic acid groups (broad SMARTS) is 1. The molecule has 59 heavy (non-hydrogen) atoms. The summed E-state index contributed by atoms with van der Waals surface area (Å²) >= 11 is 4.47. The molecule has 1 aromatic carbocycles. The number of aryl methyl sites for hydroxylation is 1. The van der Waals surface area contributed by atoms with E-state index in [-0.39, 0.29) is 54.7 Å². The van der Waals surface area contributed by atoms with Crippen LogP contribution >= 0.6 is 27.3 Å². The molecule has 2 heterocycles. The van der Waals surface area contributed by atoms with E-state index >= 15 is 0 Å². The molecule has 316 valence electrons. The second-order valence-corrected chi connectivity index (χ2v) is 18.7. The maximum absolute atomic E-state index is 14.0. The largest absolute Gasteiger partial charge is 0.481 e. The number of benzene rings is 1. The Morgan fingerprint density at radius 1 is 1.12 bits per heavy atom. The summed E-state index contributed by atoms with van der Waals surface area (Å²) in [5, 5.41) is 39.3. The molecule has 0 radical (unpaired) electrons. The van der Waals surface area contributed by atoms with E-state index in [9.17, 15) is 44.1 Å². The van der Waals surface area contributed by atoms with Crippen LogP contribution in [0.1, 0.15) is 79.5 Å². The number of ketones is 2. The fourth-order valence-electron chi connectivity index (χ4n) is 10.8. The van der Waals surface area contributed by atoms with Crippen molar-refractivity contribution in [3.8, 4) is 0 Å². The molecule has 0 spiro atoms. The van der Waals surface area contributed by atoms with Crippen LogP contribution in [0.25, 0.3) is 0 Å². The summed E-state index contributed by atoms with van der Waals surface area (Å²) in [7, 11) is 0. The van der Waals surface area contributed by atoms with Crippen molar-refractivity contribution >= 4 is 68.2 Å². The van der Waals surface area contributed by atoms with Crippen molar-refractivity contribution in [3.05, 3.63) is 75.0 Å². The number of allylic oxidation sites excluding steroid dienone is 4. The van der Waals surface area contributed by atoms with Crippen LogP contribution < -0.4 is 16.0 Å². The Labute approximate surface area is 354 Å². The van der Waals surface area contributed by atoms with Gasteiger partial charge in [0.15, 0.2) is 23.5 Å². The fraction of sp³-hybridized carbons (Fsp3) is 0.535. The van der Waals surface area contributed by atoms with Crippen molar-refractivity contribution in [2.45, 2.75) is 95.9 Å². The molecule has 14 nitrogen and oxygen atoms in total. The van der Waals surface area contributed by atoms with Gasteiger partial charge < -0.3 is 40.7 Å². The van der Waals surface area contributed by atoms with Gasteiger partial charge in [0.1, 0.15) is 12.6 Å². The Morgan fingerprint density at radius 3 is 2.63 bits per heavy atom. The van der Waals surface area contributed by atoms with E-state index in [1.54, 1.807) is 30.4 Å². The van der Waals surface area contributed by atoms with Crippen molar-refractivity contribution < 1.29 is 53.6 Å². The van der Waals surface area contributed by atoms with E-state index in [2.05, 4.69) is 38.8 Å². The highest BCUT2D eigenvalue weighted by molar-refractivity contribution is 9.09. The first-order valence-corrected chi connectivity index (χ1v) is 21.9. The summed E-state index contributed by atoms with van der Waals surface area (Å²) in [6.45, 7) is 4.98. The van der Waals surface area contributed by atoms with E-state index in [0.717, 1.165) is 39.3 Å². The van der Waals surface area contributed by atoms with Crippen LogP contribution in [-0.4, -0.2) is 92.9 Å². The van der Waals surface area contributed by atoms with Gasteiger partial charge in [0.2, 0.25) is 17.7 Å². The number of rotatable bonds is 14. The Bertz CT molecular complexity index is 2120. The highest BCUT2D eigenvalue weighted by Crippen LogP contribution is 2.70. The van der Waals surface area contributed by atoms with Crippen molar-refractivity contribution in [3.63, 3.8) is 0 Å². The Kier molecular flexibility index (Phi) is 12.2. The Balaban J connectivity index is 1.06. The van der Waals surface area contributed by atoms with Gasteiger partial charge in [-0.15, -0.1) is 11.3 Å². The Hall–Kier alpha value is -4.06. The topological polar surface area (TPSA) is 218 Å². The monoisotopic (exact) mass is 895 g/mol. The molecule has 5 aliphatic rings. The number of aliphatic hydroxyl groups is 2. The number of thiophene rings is 1. The maximum atomic E-state index is 14.0. The zero-order valence-corrected chi connectivity index (χ0v) is 35.5. The predicted molar refractivity (Wildman–Crippen MR) is 219 cm³/mol. The van der Waals surface area contributed by atoms with Crippen LogP contribution in [0.3, 0.4) is 0 Å². The number of carbonyl (C=O) groups is 6. The van der Waals surface area contributed by atoms with Gasteiger partial charge in [0.25, 0.3) is 0 Å². The molecule has 7 rings (SSSR count). The second-order valence-electron chi connectivity index (χ2n) is 16.9. The first-order chi connectivity index (χ1) is 28.0. The van der Waals surface area contributed by atoms with Gasteiger partial charge >= 0.3 is 5.97 Å². The van der Waals surface area contributed by atoms with Crippen LogP contribution in [0.2, 0.25) is 0 Å². The van der Waals surface area contributed by atoms with Crippen LogP contribution in [0.4, 0.5) is 5.69 Å². The first-order valence-electron chi connectivity index (χ1n) is 20.0. The number of hydrogen-bond donors (Lipinski definition) is 6. The summed E-state index contributed by atoms with van der Waals surface area (Å²) in [6.07, 6.45) is 5.24. The quantitative estimate of drug-likeness (QED) is 0.149. The number of carbonyl (C=O) groups excluding carboxylic acids is 5. The minimum absolute atomic E-state index is 0.00311. The summed E-state index contributed by atoms with van der Waals surface area (Å²) in [4.78, 5) is 76.6. The third-order valence-electron chi connectivity index (χ3n) is 13.5. The van der Waals surface area contributed by atoms with Crippen LogP contribution in [-0.2, 0) is 44.7 Å². The molecule has 4 fully saturated rings. The zero-order chi connectivity index (χ0) is 42.4. The number of Topliss-reactive ketones (excluding diaryl/α,β-unsaturated/α-hetero) is 1. The van der Waals surface area contributed by atoms with Gasteiger partial charge in [-0.05, 0) is 92.3 Å². The number of halogens is 1. The molecule has 4 aliphatic carbocycles. The molecule has 1 saturated heterocycles. The SMILES string of the molecule is Cc1cc([C@@H]2O[C@@H]3C[C@H]4[C@@H]5CCC6=CC(=O)C=C[C@]6(C)[C@H]5[C@@H](O)C[C@]4(C)[C@]3(C(=O)CO)O2)sc1Cc1cccc(NC(=O)[C@H](CCC(=O)O)NC(=O)CNC(=O)CBr)c1. The predicted octanol–water partition coefficient (Wildman–Crippen LogP) is 4.05. The number of ether oxygens (including phenoxy) is 2. The molecule has 1 aliphatic heterocycles. The molecule has 6 N–H and O–H groups in total. The number of fused-ring (bicyclic) bond motifs is 7. The van der Waals surface area contributed by atoms with Gasteiger partial charge in [0.05, 0.1) is 29.0 Å². The molecule has 10 atom stereocenters. The third-order valence-corrected chi connectivity index (χ3v) is 15.3. The lowest BCUT2D eigenvalue weighted by molar-refractivity contribution is -0.200. The van der Waals surface area contributed by atoms with E-state index in [4.69, 9.17) is 9.47 Å². The molecule has 3 saturated carbocycles. The number of carboxylic acids is 1. The minimum Gasteiger partial charge on any atom is -0.481 e. The van der Waals surface area contributed by atoms with Gasteiger partial charge in [-0.25, -0.2) is 0 Å². The van der Waals surface area contributed by atoms with Crippen molar-refractivity contribution in [2.24, 2.45) is 28.6 Å². The third kappa shape index (κ3) is 7.87. The van der Waals surface area contributed by atoms with Gasteiger partial charge in [-0.2, -0.15) is 0 Å². The zero-order valence-electron chi connectivity index (χ0n) is 33.1. The molecule has 0 unspecified atom stereocenters. The lowest BCUT2D eigenvalue weighted by atomic mass is 9.46. The molecule has 0 bridgehead atoms. The Morgan fingerprint density at radius 2 is 1.90 bits per heavy atom. The van der Waals surface area contributed by atoms with Crippen LogP contribution in [0.5, 0.6) is 0 Å². The lowest BCUT2D eigenvalue weighted by Crippen LogP contribution is -2.63. The summed E-state index contributed by atoms with van der Waals surface area (Å²) < 4.78 is 13.5. The van der Waals surface area contributed by atoms with Gasteiger partial charge in [-0.1, -0.05) is 53.6 Å². The average molecular weight is 897 g/mol. The normalized spacial score (nSPS) is 32.2. The standard InChI is InChI=1S/C43H50BrN3O11S/c1-22-13-32(59-31(22)15-23-5-4-6-25(14-23)46-39(56)29(9-10-37(54)55)47-36(53)20-45-35(52)19-44)40-57-34-17-28-27-8-7-24-16-26(49)11-12-41(24,2)38(27)30(50)18-42(28,3)43(34,58-40)33(51)21-48/h4-6,11-14,16,27-30,34,38,40,48,50H,7-10,15,17-21H2,1-3H3,(H,45,52)(H,46,56)(H,47,53)(H,54,55)/t27-,28-,29-,30-,34+,38+,40+,41-,42-,43+/m0/s1. The highest BCUT2D eigenvalue weighted by atomic mass is 79.9. The van der Waals surface area contributed by atoms with E-state index < -0.39 is 77.1 Å². The van der Waals surface area contributed by atoms with Gasteiger partial charge in [-0.3, -0.25) is 28.8 Å². The molecule has 2 aromatic rings. The van der Waals surface area contributed by atoms with E-state index in [0.29, 0.717) is 18.5 Å². The van der Waals surface area contributed by atoms with Crippen LogP contribution in [0.15, 0.2) is 54.1 Å². The molecular formula is C43H50BrN3O11S. The summed E-state index contributed by atoms with van der Waals surface area (Å²) in [5.41, 5.74) is 0.545. The number of aliphatic hydroxyl groups excluding tert-OH is 2. The smallest absolute Gasteiger partial charge is 0.303 e. The lowest BCUT2D eigenvalue weighted by Gasteiger charge is -2.59. The van der Waals surface area contributed by atoms with Crippen LogP contribution in [0, 0.1) is 35.5 Å². The second kappa shape index (κ2) is 16.8. The molecular weight excluding hydrogens is 846 g/mol. The van der Waals surface area contributed by atoms with E-state index in [1.807, 2.05) is 32.1 Å². The van der Waals surface area contributed by atoms with Crippen molar-refractivity contribution in [1.29, 1.82) is 0 Å². The van der Waals surface area contributed by atoms with Crippen molar-refractivity contribution in [2.75, 3.05) is 23.8 Å². The van der Waals surface area contributed by atoms with E-state index in [1.165, 1.54) is 11.3 Å². The summed E-state index contributed by atoms with van der Waals surface area (Å²) in [5.74, 6) is -3.40. The average Bonchev–Trinajstić information content (AvgIpc) is 3.84. The molecule has 3 amide bonds. The number of alkyl halides is 1. The fourth-order valence-corrected chi connectivity index (χ4v) is 12.2. The molecule has 1 aromatic heterocycles. The number of anilines is 1. The first kappa shape index (κ1) is 43.0. The minimum atomic E-state index is -1.47.